The molecule has 5 rings (SSSR count). The Hall–Kier alpha value is -3.76. The Kier molecular flexibility index (Phi) is 7.94. The fourth-order valence-electron chi connectivity index (χ4n) is 4.42. The van der Waals surface area contributed by atoms with Crippen LogP contribution in [0.3, 0.4) is 0 Å². The van der Waals surface area contributed by atoms with Crippen LogP contribution in [0.5, 0.6) is 17.2 Å². The molecule has 1 atom stereocenters. The van der Waals surface area contributed by atoms with Crippen molar-refractivity contribution >= 4 is 50.9 Å². The number of benzene rings is 2. The monoisotopic (exact) mass is 564 g/mol. The standard InChI is InChI=1S/C29H28N2O6S2/c1-5-23(39-24-13-16(2)18-7-6-8-21(34-3)26(18)30-24)27(32)31-28-25(29(33)35-4)19(15-38-28)17-9-10-20-22(14-17)37-12-11-36-20/h6-10,13-15,23H,5,11-12H2,1-4H3,(H,31,32). The van der Waals surface area contributed by atoms with E-state index in [1.165, 1.54) is 30.2 Å². The Labute approximate surface area is 234 Å². The van der Waals surface area contributed by atoms with Crippen LogP contribution >= 0.6 is 23.1 Å². The van der Waals surface area contributed by atoms with E-state index in [1.54, 1.807) is 7.11 Å². The summed E-state index contributed by atoms with van der Waals surface area (Å²) in [5, 5.41) is 6.53. The quantitative estimate of drug-likeness (QED) is 0.195. The van der Waals surface area contributed by atoms with Crippen LogP contribution in [0.2, 0.25) is 0 Å². The minimum Gasteiger partial charge on any atom is -0.494 e. The van der Waals surface area contributed by atoms with Crippen LogP contribution in [-0.4, -0.2) is 49.5 Å². The number of carbonyl (C=O) groups is 2. The maximum absolute atomic E-state index is 13.5. The third kappa shape index (κ3) is 5.39. The van der Waals surface area contributed by atoms with Gasteiger partial charge in [-0.3, -0.25) is 4.79 Å². The molecule has 2 aromatic heterocycles. The number of anilines is 1. The maximum Gasteiger partial charge on any atom is 0.341 e. The van der Waals surface area contributed by atoms with E-state index in [0.717, 1.165) is 27.1 Å². The summed E-state index contributed by atoms with van der Waals surface area (Å²) in [7, 11) is 2.94. The molecule has 0 spiro atoms. The van der Waals surface area contributed by atoms with Gasteiger partial charge in [0.2, 0.25) is 5.91 Å². The van der Waals surface area contributed by atoms with Crippen molar-refractivity contribution < 1.29 is 28.5 Å². The molecule has 1 unspecified atom stereocenters. The van der Waals surface area contributed by atoms with E-state index in [1.807, 2.05) is 61.7 Å². The van der Waals surface area contributed by atoms with Gasteiger partial charge in [0.15, 0.2) is 11.5 Å². The van der Waals surface area contributed by atoms with Crippen molar-refractivity contribution in [3.8, 4) is 28.4 Å². The van der Waals surface area contributed by atoms with Crippen molar-refractivity contribution in [1.82, 2.24) is 4.98 Å². The SMILES string of the molecule is CCC(Sc1cc(C)c2cccc(OC)c2n1)C(=O)Nc1scc(-c2ccc3c(c2)OCCO3)c1C(=O)OC. The first-order valence-corrected chi connectivity index (χ1v) is 14.2. The molecule has 0 radical (unpaired) electrons. The predicted molar refractivity (Wildman–Crippen MR) is 154 cm³/mol. The number of pyridine rings is 1. The number of methoxy groups -OCH3 is 2. The summed E-state index contributed by atoms with van der Waals surface area (Å²) in [6, 6.07) is 13.3. The summed E-state index contributed by atoms with van der Waals surface area (Å²) in [6.45, 7) is 4.91. The number of thioether (sulfide) groups is 1. The summed E-state index contributed by atoms with van der Waals surface area (Å²) in [4.78, 5) is 31.1. The Morgan fingerprint density at radius 3 is 2.67 bits per heavy atom. The average molecular weight is 565 g/mol. The third-order valence-electron chi connectivity index (χ3n) is 6.40. The number of carbonyl (C=O) groups excluding carboxylic acids is 2. The van der Waals surface area contributed by atoms with Crippen LogP contribution in [0, 0.1) is 6.92 Å². The number of hydrogen-bond acceptors (Lipinski definition) is 9. The highest BCUT2D eigenvalue weighted by atomic mass is 32.2. The number of aromatic nitrogens is 1. The molecule has 0 saturated heterocycles. The molecule has 1 aliphatic heterocycles. The Morgan fingerprint density at radius 1 is 1.13 bits per heavy atom. The van der Waals surface area contributed by atoms with Crippen LogP contribution in [0.15, 0.2) is 52.9 Å². The number of nitrogens with one attached hydrogen (secondary N) is 1. The Bertz CT molecular complexity index is 1550. The summed E-state index contributed by atoms with van der Waals surface area (Å²) >= 11 is 2.66. The van der Waals surface area contributed by atoms with E-state index in [-0.39, 0.29) is 5.91 Å². The van der Waals surface area contributed by atoms with Crippen molar-refractivity contribution in [1.29, 1.82) is 0 Å². The lowest BCUT2D eigenvalue weighted by atomic mass is 10.0. The van der Waals surface area contributed by atoms with Gasteiger partial charge in [0.25, 0.3) is 0 Å². The predicted octanol–water partition coefficient (Wildman–Crippen LogP) is 6.35. The van der Waals surface area contributed by atoms with Crippen molar-refractivity contribution in [2.45, 2.75) is 30.5 Å². The highest BCUT2D eigenvalue weighted by molar-refractivity contribution is 8.00. The summed E-state index contributed by atoms with van der Waals surface area (Å²) in [6.07, 6.45) is 0.565. The largest absolute Gasteiger partial charge is 0.494 e. The molecule has 4 aromatic rings. The van der Waals surface area contributed by atoms with Crippen LogP contribution in [0.1, 0.15) is 29.3 Å². The lowest BCUT2D eigenvalue weighted by Gasteiger charge is -2.19. The van der Waals surface area contributed by atoms with Crippen LogP contribution in [0.25, 0.3) is 22.0 Å². The molecule has 1 amide bonds. The molecular weight excluding hydrogens is 536 g/mol. The second-order valence-electron chi connectivity index (χ2n) is 8.84. The topological polar surface area (TPSA) is 96.0 Å². The minimum atomic E-state index is -0.531. The van der Waals surface area contributed by atoms with Gasteiger partial charge in [-0.25, -0.2) is 9.78 Å². The average Bonchev–Trinajstić information content (AvgIpc) is 3.38. The molecule has 10 heteroatoms. The van der Waals surface area contributed by atoms with Gasteiger partial charge in [0.1, 0.15) is 35.0 Å². The van der Waals surface area contributed by atoms with Crippen LogP contribution in [0.4, 0.5) is 5.00 Å². The fourth-order valence-corrected chi connectivity index (χ4v) is 6.40. The first kappa shape index (κ1) is 26.8. The lowest BCUT2D eigenvalue weighted by Crippen LogP contribution is -2.25. The maximum atomic E-state index is 13.5. The highest BCUT2D eigenvalue weighted by Gasteiger charge is 2.26. The Balaban J connectivity index is 1.42. The van der Waals surface area contributed by atoms with Gasteiger partial charge in [-0.1, -0.05) is 36.9 Å². The van der Waals surface area contributed by atoms with E-state index >= 15 is 0 Å². The number of fused-ring (bicyclic) bond motifs is 2. The molecule has 0 saturated carbocycles. The molecule has 202 valence electrons. The molecule has 2 aromatic carbocycles. The molecule has 0 fully saturated rings. The van der Waals surface area contributed by atoms with E-state index in [4.69, 9.17) is 23.9 Å². The third-order valence-corrected chi connectivity index (χ3v) is 8.58. The number of hydrogen-bond donors (Lipinski definition) is 1. The van der Waals surface area contributed by atoms with E-state index in [9.17, 15) is 9.59 Å². The minimum absolute atomic E-state index is 0.220. The van der Waals surface area contributed by atoms with Crippen molar-refractivity contribution in [3.63, 3.8) is 0 Å². The smallest absolute Gasteiger partial charge is 0.341 e. The number of thiophene rings is 1. The van der Waals surface area contributed by atoms with Gasteiger partial charge in [-0.2, -0.15) is 0 Å². The second-order valence-corrected chi connectivity index (χ2v) is 10.9. The van der Waals surface area contributed by atoms with Crippen LogP contribution in [-0.2, 0) is 9.53 Å². The van der Waals surface area contributed by atoms with Gasteiger partial charge in [-0.15, -0.1) is 11.3 Å². The molecule has 39 heavy (non-hydrogen) atoms. The van der Waals surface area contributed by atoms with E-state index in [2.05, 4.69) is 5.32 Å². The molecule has 8 nitrogen and oxygen atoms in total. The summed E-state index contributed by atoms with van der Waals surface area (Å²) < 4.78 is 21.9. The number of para-hydroxylation sites is 1. The van der Waals surface area contributed by atoms with Gasteiger partial charge in [-0.05, 0) is 48.7 Å². The second kappa shape index (κ2) is 11.5. The molecule has 1 N–H and O–H groups in total. The van der Waals surface area contributed by atoms with Crippen molar-refractivity contribution in [3.05, 3.63) is 59.0 Å². The normalized spacial score (nSPS) is 13.1. The number of amides is 1. The number of esters is 1. The zero-order valence-electron chi connectivity index (χ0n) is 22.0. The number of aryl methyl sites for hydroxylation is 1. The molecular formula is C29H28N2O6S2. The fraction of sp³-hybridized carbons (Fsp3) is 0.276. The molecule has 0 bridgehead atoms. The first-order valence-electron chi connectivity index (χ1n) is 12.4. The van der Waals surface area contributed by atoms with E-state index in [0.29, 0.717) is 53.0 Å². The van der Waals surface area contributed by atoms with Gasteiger partial charge >= 0.3 is 5.97 Å². The van der Waals surface area contributed by atoms with Gasteiger partial charge in [0.05, 0.1) is 24.5 Å². The van der Waals surface area contributed by atoms with E-state index < -0.39 is 11.2 Å². The lowest BCUT2D eigenvalue weighted by molar-refractivity contribution is -0.115. The zero-order chi connectivity index (χ0) is 27.5. The van der Waals surface area contributed by atoms with Crippen molar-refractivity contribution in [2.24, 2.45) is 0 Å². The van der Waals surface area contributed by atoms with Gasteiger partial charge in [0, 0.05) is 16.3 Å². The number of nitrogens with zero attached hydrogens (tertiary/aromatic N) is 1. The number of ether oxygens (including phenoxy) is 4. The zero-order valence-corrected chi connectivity index (χ0v) is 23.7. The molecule has 0 aliphatic carbocycles. The summed E-state index contributed by atoms with van der Waals surface area (Å²) in [5.74, 6) is 1.21. The summed E-state index contributed by atoms with van der Waals surface area (Å²) in [5.41, 5.74) is 3.53. The Morgan fingerprint density at radius 2 is 1.92 bits per heavy atom. The highest BCUT2D eigenvalue weighted by Crippen LogP contribution is 2.41. The van der Waals surface area contributed by atoms with Crippen LogP contribution < -0.4 is 19.5 Å². The molecule has 1 aliphatic rings. The van der Waals surface area contributed by atoms with Crippen molar-refractivity contribution in [2.75, 3.05) is 32.8 Å². The molecule has 3 heterocycles. The van der Waals surface area contributed by atoms with Gasteiger partial charge < -0.3 is 24.3 Å². The first-order chi connectivity index (χ1) is 18.9. The number of rotatable bonds is 8.